The van der Waals surface area contributed by atoms with Crippen molar-refractivity contribution >= 4 is 17.5 Å². The number of amides is 2. The second-order valence-electron chi connectivity index (χ2n) is 6.80. The first-order valence-corrected chi connectivity index (χ1v) is 9.06. The van der Waals surface area contributed by atoms with Gasteiger partial charge in [0.2, 0.25) is 0 Å². The zero-order chi connectivity index (χ0) is 17.1. The molecule has 4 heterocycles. The lowest BCUT2D eigenvalue weighted by Gasteiger charge is -2.31. The number of urea groups is 1. The number of piperidine rings is 1. The highest BCUT2D eigenvalue weighted by Gasteiger charge is 2.24. The molecule has 7 nitrogen and oxygen atoms in total. The molecule has 0 bridgehead atoms. The van der Waals surface area contributed by atoms with Crippen molar-refractivity contribution in [3.8, 4) is 0 Å². The number of aromatic nitrogens is 3. The molecule has 2 aromatic rings. The van der Waals surface area contributed by atoms with Gasteiger partial charge < -0.3 is 15.1 Å². The van der Waals surface area contributed by atoms with E-state index in [2.05, 4.69) is 25.4 Å². The number of carbonyl (C=O) groups excluding carboxylic acids is 1. The summed E-state index contributed by atoms with van der Waals surface area (Å²) in [4.78, 5) is 21.1. The fourth-order valence-corrected chi connectivity index (χ4v) is 3.68. The van der Waals surface area contributed by atoms with Crippen LogP contribution >= 0.6 is 0 Å². The Morgan fingerprint density at radius 1 is 1.12 bits per heavy atom. The Labute approximate surface area is 147 Å². The minimum Gasteiger partial charge on any atom is -0.357 e. The van der Waals surface area contributed by atoms with E-state index < -0.39 is 0 Å². The van der Waals surface area contributed by atoms with Crippen molar-refractivity contribution in [2.45, 2.75) is 31.6 Å². The quantitative estimate of drug-likeness (QED) is 0.901. The molecule has 4 rings (SSSR count). The van der Waals surface area contributed by atoms with Gasteiger partial charge in [-0.25, -0.2) is 9.78 Å². The standard InChI is InChI=1S/C18H24N6O/c25-18(24-11-6-14(7-12-24)16-5-8-20-22-16)21-15-3-4-17(19-13-15)23-9-1-2-10-23/h3-5,8,13-14H,1-2,6-7,9-12H2,(H,20,22)(H,21,25). The highest BCUT2D eigenvalue weighted by molar-refractivity contribution is 5.89. The van der Waals surface area contributed by atoms with Gasteiger partial charge in [0.25, 0.3) is 0 Å². The Morgan fingerprint density at radius 2 is 1.92 bits per heavy atom. The molecule has 0 radical (unpaired) electrons. The molecular formula is C18H24N6O. The maximum atomic E-state index is 12.5. The van der Waals surface area contributed by atoms with Crippen molar-refractivity contribution in [2.24, 2.45) is 0 Å². The summed E-state index contributed by atoms with van der Waals surface area (Å²) in [6.07, 6.45) is 7.92. The van der Waals surface area contributed by atoms with E-state index in [1.54, 1.807) is 12.4 Å². The van der Waals surface area contributed by atoms with Crippen molar-refractivity contribution in [3.05, 3.63) is 36.3 Å². The van der Waals surface area contributed by atoms with Crippen LogP contribution in [-0.4, -0.2) is 52.3 Å². The number of anilines is 2. The number of nitrogens with one attached hydrogen (secondary N) is 2. The molecule has 0 saturated carbocycles. The first-order chi connectivity index (χ1) is 12.3. The van der Waals surface area contributed by atoms with Crippen LogP contribution in [0.3, 0.4) is 0 Å². The monoisotopic (exact) mass is 340 g/mol. The predicted octanol–water partition coefficient (Wildman–Crippen LogP) is 2.82. The Kier molecular flexibility index (Phi) is 4.54. The topological polar surface area (TPSA) is 77.2 Å². The smallest absolute Gasteiger partial charge is 0.321 e. The van der Waals surface area contributed by atoms with E-state index in [1.807, 2.05) is 23.1 Å². The normalized spacial score (nSPS) is 18.6. The van der Waals surface area contributed by atoms with Crippen LogP contribution < -0.4 is 10.2 Å². The van der Waals surface area contributed by atoms with Gasteiger partial charge in [0.05, 0.1) is 11.9 Å². The van der Waals surface area contributed by atoms with E-state index in [9.17, 15) is 4.79 Å². The van der Waals surface area contributed by atoms with Crippen LogP contribution in [0.1, 0.15) is 37.3 Å². The minimum absolute atomic E-state index is 0.0428. The summed E-state index contributed by atoms with van der Waals surface area (Å²) in [5.74, 6) is 1.46. The van der Waals surface area contributed by atoms with Gasteiger partial charge in [-0.3, -0.25) is 5.10 Å². The third kappa shape index (κ3) is 3.60. The molecule has 25 heavy (non-hydrogen) atoms. The van der Waals surface area contributed by atoms with Gasteiger partial charge in [0, 0.05) is 44.0 Å². The molecule has 2 aliphatic heterocycles. The minimum atomic E-state index is -0.0428. The molecular weight excluding hydrogens is 316 g/mol. The SMILES string of the molecule is O=C(Nc1ccc(N2CCCC2)nc1)N1CCC(c2ccn[nH]2)CC1. The molecule has 0 aliphatic carbocycles. The zero-order valence-corrected chi connectivity index (χ0v) is 14.3. The number of likely N-dealkylation sites (tertiary alicyclic amines) is 1. The van der Waals surface area contributed by atoms with Gasteiger partial charge in [-0.15, -0.1) is 0 Å². The Balaban J connectivity index is 1.30. The number of nitrogens with zero attached hydrogens (tertiary/aromatic N) is 4. The van der Waals surface area contributed by atoms with E-state index in [4.69, 9.17) is 0 Å². The van der Waals surface area contributed by atoms with Crippen LogP contribution in [0.15, 0.2) is 30.6 Å². The summed E-state index contributed by atoms with van der Waals surface area (Å²) in [5.41, 5.74) is 1.92. The molecule has 0 aromatic carbocycles. The van der Waals surface area contributed by atoms with Crippen molar-refractivity contribution < 1.29 is 4.79 Å². The lowest BCUT2D eigenvalue weighted by molar-refractivity contribution is 0.194. The summed E-state index contributed by atoms with van der Waals surface area (Å²) in [6.45, 7) is 3.66. The Bertz CT molecular complexity index is 685. The fraction of sp³-hybridized carbons (Fsp3) is 0.500. The van der Waals surface area contributed by atoms with E-state index in [1.165, 1.54) is 18.5 Å². The van der Waals surface area contributed by atoms with Crippen molar-refractivity contribution in [3.63, 3.8) is 0 Å². The van der Waals surface area contributed by atoms with Gasteiger partial charge in [0.1, 0.15) is 5.82 Å². The van der Waals surface area contributed by atoms with Crippen LogP contribution in [0.25, 0.3) is 0 Å². The van der Waals surface area contributed by atoms with Crippen molar-refractivity contribution in [1.29, 1.82) is 0 Å². The van der Waals surface area contributed by atoms with Gasteiger partial charge >= 0.3 is 6.03 Å². The summed E-state index contributed by atoms with van der Waals surface area (Å²) >= 11 is 0. The third-order valence-corrected chi connectivity index (χ3v) is 5.17. The number of hydrogen-bond donors (Lipinski definition) is 2. The fourth-order valence-electron chi connectivity index (χ4n) is 3.68. The average Bonchev–Trinajstić information content (AvgIpc) is 3.36. The van der Waals surface area contributed by atoms with Crippen LogP contribution in [0.2, 0.25) is 0 Å². The summed E-state index contributed by atoms with van der Waals surface area (Å²) in [5, 5.41) is 10.0. The second-order valence-corrected chi connectivity index (χ2v) is 6.80. The molecule has 2 fully saturated rings. The van der Waals surface area contributed by atoms with Crippen molar-refractivity contribution in [2.75, 3.05) is 36.4 Å². The van der Waals surface area contributed by atoms with Crippen LogP contribution in [0.5, 0.6) is 0 Å². The lowest BCUT2D eigenvalue weighted by Crippen LogP contribution is -2.40. The maximum Gasteiger partial charge on any atom is 0.321 e. The number of hydrogen-bond acceptors (Lipinski definition) is 4. The van der Waals surface area contributed by atoms with E-state index >= 15 is 0 Å². The van der Waals surface area contributed by atoms with Crippen LogP contribution in [-0.2, 0) is 0 Å². The molecule has 2 N–H and O–H groups in total. The lowest BCUT2D eigenvalue weighted by atomic mass is 9.94. The van der Waals surface area contributed by atoms with Gasteiger partial charge in [-0.2, -0.15) is 5.10 Å². The molecule has 2 amide bonds. The van der Waals surface area contributed by atoms with Crippen molar-refractivity contribution in [1.82, 2.24) is 20.1 Å². The highest BCUT2D eigenvalue weighted by atomic mass is 16.2. The van der Waals surface area contributed by atoms with E-state index in [0.29, 0.717) is 5.92 Å². The largest absolute Gasteiger partial charge is 0.357 e. The second kappa shape index (κ2) is 7.13. The average molecular weight is 340 g/mol. The predicted molar refractivity (Wildman–Crippen MR) is 96.8 cm³/mol. The van der Waals surface area contributed by atoms with E-state index in [0.717, 1.165) is 50.5 Å². The summed E-state index contributed by atoms with van der Waals surface area (Å²) < 4.78 is 0. The third-order valence-electron chi connectivity index (χ3n) is 5.17. The molecule has 0 atom stereocenters. The van der Waals surface area contributed by atoms with Crippen LogP contribution in [0.4, 0.5) is 16.3 Å². The molecule has 0 spiro atoms. The van der Waals surface area contributed by atoms with Crippen LogP contribution in [0, 0.1) is 0 Å². The molecule has 2 saturated heterocycles. The van der Waals surface area contributed by atoms with Gasteiger partial charge in [-0.05, 0) is 43.9 Å². The molecule has 2 aliphatic rings. The number of carbonyl (C=O) groups is 1. The number of pyridine rings is 1. The van der Waals surface area contributed by atoms with Gasteiger partial charge in [0.15, 0.2) is 0 Å². The summed E-state index contributed by atoms with van der Waals surface area (Å²) in [7, 11) is 0. The van der Waals surface area contributed by atoms with Gasteiger partial charge in [-0.1, -0.05) is 0 Å². The first kappa shape index (κ1) is 15.9. The Morgan fingerprint density at radius 3 is 2.56 bits per heavy atom. The summed E-state index contributed by atoms with van der Waals surface area (Å²) in [6, 6.07) is 5.91. The number of aromatic amines is 1. The number of rotatable bonds is 3. The molecule has 7 heteroatoms. The number of H-pyrrole nitrogens is 1. The Hall–Kier alpha value is -2.57. The molecule has 0 unspecified atom stereocenters. The maximum absolute atomic E-state index is 12.5. The molecule has 2 aromatic heterocycles. The zero-order valence-electron chi connectivity index (χ0n) is 14.3. The highest BCUT2D eigenvalue weighted by Crippen LogP contribution is 2.26. The molecule has 132 valence electrons. The first-order valence-electron chi connectivity index (χ1n) is 9.06. The van der Waals surface area contributed by atoms with E-state index in [-0.39, 0.29) is 6.03 Å².